The second-order valence-electron chi connectivity index (χ2n) is 6.21. The van der Waals surface area contributed by atoms with Crippen molar-refractivity contribution in [3.8, 4) is 0 Å². The molecule has 1 amide bonds. The minimum atomic E-state index is -0.456. The molecular formula is C19H23NO3. The van der Waals surface area contributed by atoms with Crippen molar-refractivity contribution in [1.82, 2.24) is 5.32 Å². The van der Waals surface area contributed by atoms with Crippen LogP contribution in [-0.2, 0) is 16.1 Å². The van der Waals surface area contributed by atoms with E-state index in [4.69, 9.17) is 4.74 Å². The second kappa shape index (κ2) is 7.11. The van der Waals surface area contributed by atoms with Gasteiger partial charge >= 0.3 is 0 Å². The van der Waals surface area contributed by atoms with Crippen LogP contribution >= 0.6 is 0 Å². The number of carbonyl (C=O) groups excluding carboxylic acids is 1. The van der Waals surface area contributed by atoms with Crippen LogP contribution in [0, 0.1) is 5.92 Å². The number of rotatable bonds is 4. The van der Waals surface area contributed by atoms with Gasteiger partial charge in [0.15, 0.2) is 0 Å². The zero-order chi connectivity index (χ0) is 16.2. The number of aliphatic hydroxyl groups is 1. The van der Waals surface area contributed by atoms with E-state index in [9.17, 15) is 9.90 Å². The molecule has 2 aromatic carbocycles. The lowest BCUT2D eigenvalue weighted by Crippen LogP contribution is -2.41. The van der Waals surface area contributed by atoms with Crippen molar-refractivity contribution < 1.29 is 14.6 Å². The Morgan fingerprint density at radius 3 is 2.83 bits per heavy atom. The Bertz CT molecular complexity index is 680. The highest BCUT2D eigenvalue weighted by Gasteiger charge is 2.32. The van der Waals surface area contributed by atoms with E-state index in [0.717, 1.165) is 5.56 Å². The Morgan fingerprint density at radius 1 is 1.22 bits per heavy atom. The number of benzene rings is 2. The highest BCUT2D eigenvalue weighted by Crippen LogP contribution is 2.27. The molecular weight excluding hydrogens is 290 g/mol. The Balaban J connectivity index is 1.64. The largest absolute Gasteiger partial charge is 0.390 e. The standard InChI is InChI=1S/C19H23NO3/c1-23-18-11-14(9-10-17(18)21)19(22)20-12-15-7-4-6-13-5-2-3-8-16(13)15/h2-8,14,17-18,21H,9-12H2,1H3,(H,20,22)/t14-,17+,18-/m1/s1. The molecule has 0 radical (unpaired) electrons. The number of fused-ring (bicyclic) bond motifs is 1. The quantitative estimate of drug-likeness (QED) is 0.912. The van der Waals surface area contributed by atoms with Crippen molar-refractivity contribution in [2.75, 3.05) is 7.11 Å². The topological polar surface area (TPSA) is 58.6 Å². The highest BCUT2D eigenvalue weighted by molar-refractivity contribution is 5.86. The maximum absolute atomic E-state index is 12.4. The van der Waals surface area contributed by atoms with Gasteiger partial charge in [0.05, 0.1) is 12.2 Å². The summed E-state index contributed by atoms with van der Waals surface area (Å²) in [5.74, 6) is -0.0368. The normalized spacial score (nSPS) is 24.5. The molecule has 4 nitrogen and oxygen atoms in total. The molecule has 0 heterocycles. The van der Waals surface area contributed by atoms with E-state index in [1.165, 1.54) is 10.8 Å². The van der Waals surface area contributed by atoms with Crippen molar-refractivity contribution in [1.29, 1.82) is 0 Å². The van der Waals surface area contributed by atoms with Crippen molar-refractivity contribution in [3.05, 3.63) is 48.0 Å². The Morgan fingerprint density at radius 2 is 2.00 bits per heavy atom. The van der Waals surface area contributed by atoms with Gasteiger partial charge in [0.2, 0.25) is 5.91 Å². The second-order valence-corrected chi connectivity index (χ2v) is 6.21. The van der Waals surface area contributed by atoms with Crippen LogP contribution in [0.15, 0.2) is 42.5 Å². The number of carbonyl (C=O) groups is 1. The summed E-state index contributed by atoms with van der Waals surface area (Å²) in [5.41, 5.74) is 1.12. The van der Waals surface area contributed by atoms with E-state index in [2.05, 4.69) is 23.5 Å². The van der Waals surface area contributed by atoms with Crippen LogP contribution in [0.2, 0.25) is 0 Å². The number of ether oxygens (including phenoxy) is 1. The number of aliphatic hydroxyl groups excluding tert-OH is 1. The minimum Gasteiger partial charge on any atom is -0.390 e. The van der Waals surface area contributed by atoms with Crippen LogP contribution in [-0.4, -0.2) is 30.3 Å². The van der Waals surface area contributed by atoms with Crippen molar-refractivity contribution in [2.24, 2.45) is 5.92 Å². The maximum atomic E-state index is 12.4. The summed E-state index contributed by atoms with van der Waals surface area (Å²) in [5, 5.41) is 15.2. The third kappa shape index (κ3) is 3.54. The minimum absolute atomic E-state index is 0.0480. The Kier molecular flexibility index (Phi) is 4.94. The van der Waals surface area contributed by atoms with Gasteiger partial charge < -0.3 is 15.2 Å². The van der Waals surface area contributed by atoms with Crippen molar-refractivity contribution in [2.45, 2.75) is 38.0 Å². The Hall–Kier alpha value is -1.91. The molecule has 0 aromatic heterocycles. The molecule has 122 valence electrons. The summed E-state index contributed by atoms with van der Waals surface area (Å²) in [6.07, 6.45) is 1.21. The Labute approximate surface area is 136 Å². The van der Waals surface area contributed by atoms with E-state index in [1.807, 2.05) is 24.3 Å². The van der Waals surface area contributed by atoms with Gasteiger partial charge in [0.1, 0.15) is 0 Å². The first-order chi connectivity index (χ1) is 11.2. The first-order valence-corrected chi connectivity index (χ1v) is 8.14. The molecule has 1 saturated carbocycles. The van der Waals surface area contributed by atoms with E-state index >= 15 is 0 Å². The van der Waals surface area contributed by atoms with Crippen LogP contribution in [0.25, 0.3) is 10.8 Å². The average molecular weight is 313 g/mol. The lowest BCUT2D eigenvalue weighted by Gasteiger charge is -2.31. The third-order valence-electron chi connectivity index (χ3n) is 4.76. The van der Waals surface area contributed by atoms with E-state index < -0.39 is 6.10 Å². The van der Waals surface area contributed by atoms with Gasteiger partial charge in [-0.1, -0.05) is 42.5 Å². The van der Waals surface area contributed by atoms with Gasteiger partial charge in [-0.25, -0.2) is 0 Å². The number of amides is 1. The molecule has 0 spiro atoms. The molecule has 1 fully saturated rings. The zero-order valence-corrected chi connectivity index (χ0v) is 13.4. The predicted octanol–water partition coefficient (Wildman–Crippen LogP) is 2.63. The lowest BCUT2D eigenvalue weighted by atomic mass is 9.84. The molecule has 3 rings (SSSR count). The molecule has 23 heavy (non-hydrogen) atoms. The fraction of sp³-hybridized carbons (Fsp3) is 0.421. The summed E-state index contributed by atoms with van der Waals surface area (Å²) >= 11 is 0. The summed E-state index contributed by atoms with van der Waals surface area (Å²) < 4.78 is 5.27. The smallest absolute Gasteiger partial charge is 0.223 e. The maximum Gasteiger partial charge on any atom is 0.223 e. The molecule has 0 aliphatic heterocycles. The molecule has 1 aliphatic carbocycles. The fourth-order valence-electron chi connectivity index (χ4n) is 3.38. The van der Waals surface area contributed by atoms with E-state index in [0.29, 0.717) is 25.8 Å². The number of methoxy groups -OCH3 is 1. The van der Waals surface area contributed by atoms with Gasteiger partial charge in [-0.05, 0) is 35.6 Å². The summed E-state index contributed by atoms with van der Waals surface area (Å²) in [6.45, 7) is 0.525. The molecule has 2 aromatic rings. The summed E-state index contributed by atoms with van der Waals surface area (Å²) in [4.78, 5) is 12.4. The van der Waals surface area contributed by atoms with Crippen molar-refractivity contribution in [3.63, 3.8) is 0 Å². The van der Waals surface area contributed by atoms with Crippen LogP contribution in [0.4, 0.5) is 0 Å². The van der Waals surface area contributed by atoms with Gasteiger partial charge in [-0.15, -0.1) is 0 Å². The van der Waals surface area contributed by atoms with E-state index in [1.54, 1.807) is 7.11 Å². The fourth-order valence-corrected chi connectivity index (χ4v) is 3.38. The molecule has 4 heteroatoms. The SMILES string of the molecule is CO[C@@H]1C[C@H](C(=O)NCc2cccc3ccccc23)CC[C@@H]1O. The van der Waals surface area contributed by atoms with Crippen LogP contribution in [0.1, 0.15) is 24.8 Å². The number of hydrogen-bond donors (Lipinski definition) is 2. The summed E-state index contributed by atoms with van der Waals surface area (Å²) in [7, 11) is 1.59. The van der Waals surface area contributed by atoms with Crippen LogP contribution < -0.4 is 5.32 Å². The molecule has 3 atom stereocenters. The highest BCUT2D eigenvalue weighted by atomic mass is 16.5. The van der Waals surface area contributed by atoms with Crippen molar-refractivity contribution >= 4 is 16.7 Å². The van der Waals surface area contributed by atoms with Gasteiger partial charge in [-0.2, -0.15) is 0 Å². The first-order valence-electron chi connectivity index (χ1n) is 8.14. The van der Waals surface area contributed by atoms with Crippen LogP contribution in [0.3, 0.4) is 0 Å². The zero-order valence-electron chi connectivity index (χ0n) is 13.4. The van der Waals surface area contributed by atoms with Gasteiger partial charge in [0, 0.05) is 19.6 Å². The molecule has 2 N–H and O–H groups in total. The van der Waals surface area contributed by atoms with Gasteiger partial charge in [0.25, 0.3) is 0 Å². The van der Waals surface area contributed by atoms with Crippen LogP contribution in [0.5, 0.6) is 0 Å². The number of nitrogens with one attached hydrogen (secondary N) is 1. The predicted molar refractivity (Wildman–Crippen MR) is 89.9 cm³/mol. The third-order valence-corrected chi connectivity index (χ3v) is 4.76. The summed E-state index contributed by atoms with van der Waals surface area (Å²) in [6, 6.07) is 14.3. The monoisotopic (exact) mass is 313 g/mol. The van der Waals surface area contributed by atoms with E-state index in [-0.39, 0.29) is 17.9 Å². The average Bonchev–Trinajstić information content (AvgIpc) is 2.60. The first kappa shape index (κ1) is 16.0. The molecule has 1 aliphatic rings. The molecule has 0 unspecified atom stereocenters. The molecule has 0 bridgehead atoms. The van der Waals surface area contributed by atoms with Gasteiger partial charge in [-0.3, -0.25) is 4.79 Å². The molecule has 0 saturated heterocycles. The number of hydrogen-bond acceptors (Lipinski definition) is 3. The lowest BCUT2D eigenvalue weighted by molar-refractivity contribution is -0.130.